The molecule has 0 aliphatic carbocycles. The van der Waals surface area contributed by atoms with E-state index >= 15 is 0 Å². The Bertz CT molecular complexity index is 651. The second kappa shape index (κ2) is 5.87. The highest BCUT2D eigenvalue weighted by Crippen LogP contribution is 2.36. The standard InChI is InChI=1S/C15H11F3O3/c1-20-14-8-11(21-15(16,17)18)6-7-13(14)12-5-3-2-4-10(12)9-19/h2-9H,1H3. The molecule has 0 atom stereocenters. The van der Waals surface area contributed by atoms with Crippen LogP contribution in [-0.4, -0.2) is 19.8 Å². The lowest BCUT2D eigenvalue weighted by atomic mass is 9.99. The summed E-state index contributed by atoms with van der Waals surface area (Å²) in [5.41, 5.74) is 1.50. The van der Waals surface area contributed by atoms with E-state index in [2.05, 4.69) is 4.74 Å². The third kappa shape index (κ3) is 3.53. The minimum absolute atomic E-state index is 0.186. The normalized spacial score (nSPS) is 11.0. The van der Waals surface area contributed by atoms with Crippen LogP contribution in [0.2, 0.25) is 0 Å². The second-order valence-electron chi connectivity index (χ2n) is 4.11. The molecule has 0 N–H and O–H groups in total. The molecule has 0 fully saturated rings. The first-order valence-corrected chi connectivity index (χ1v) is 5.93. The van der Waals surface area contributed by atoms with Crippen molar-refractivity contribution in [1.29, 1.82) is 0 Å². The average Bonchev–Trinajstić information content (AvgIpc) is 2.45. The van der Waals surface area contributed by atoms with Gasteiger partial charge in [0, 0.05) is 17.2 Å². The number of carbonyl (C=O) groups excluding carboxylic acids is 1. The number of hydrogen-bond acceptors (Lipinski definition) is 3. The number of hydrogen-bond donors (Lipinski definition) is 0. The molecule has 2 rings (SSSR count). The van der Waals surface area contributed by atoms with Gasteiger partial charge in [0.05, 0.1) is 7.11 Å². The highest BCUT2D eigenvalue weighted by molar-refractivity contribution is 5.89. The summed E-state index contributed by atoms with van der Waals surface area (Å²) in [6, 6.07) is 10.4. The fourth-order valence-electron chi connectivity index (χ4n) is 1.94. The van der Waals surface area contributed by atoms with E-state index in [1.54, 1.807) is 24.3 Å². The molecule has 3 nitrogen and oxygen atoms in total. The van der Waals surface area contributed by atoms with Gasteiger partial charge in [-0.2, -0.15) is 0 Å². The van der Waals surface area contributed by atoms with Crippen molar-refractivity contribution in [2.24, 2.45) is 0 Å². The molecule has 6 heteroatoms. The van der Waals surface area contributed by atoms with Gasteiger partial charge in [-0.1, -0.05) is 24.3 Å². The van der Waals surface area contributed by atoms with Crippen LogP contribution in [0, 0.1) is 0 Å². The quantitative estimate of drug-likeness (QED) is 0.798. The van der Waals surface area contributed by atoms with Crippen molar-refractivity contribution in [2.75, 3.05) is 7.11 Å². The molecule has 21 heavy (non-hydrogen) atoms. The van der Waals surface area contributed by atoms with Crippen molar-refractivity contribution in [1.82, 2.24) is 0 Å². The van der Waals surface area contributed by atoms with E-state index in [9.17, 15) is 18.0 Å². The zero-order valence-corrected chi connectivity index (χ0v) is 11.0. The number of methoxy groups -OCH3 is 1. The summed E-state index contributed by atoms with van der Waals surface area (Å²) < 4.78 is 45.6. The van der Waals surface area contributed by atoms with Crippen molar-refractivity contribution in [3.8, 4) is 22.6 Å². The van der Waals surface area contributed by atoms with E-state index in [1.165, 1.54) is 19.2 Å². The Kier molecular flexibility index (Phi) is 4.16. The Morgan fingerprint density at radius 1 is 1.05 bits per heavy atom. The summed E-state index contributed by atoms with van der Waals surface area (Å²) in [4.78, 5) is 11.0. The number of benzene rings is 2. The fourth-order valence-corrected chi connectivity index (χ4v) is 1.94. The van der Waals surface area contributed by atoms with E-state index in [1.807, 2.05) is 0 Å². The monoisotopic (exact) mass is 296 g/mol. The van der Waals surface area contributed by atoms with Crippen LogP contribution in [0.4, 0.5) is 13.2 Å². The molecule has 110 valence electrons. The molecule has 0 aliphatic rings. The molecule has 0 amide bonds. The second-order valence-corrected chi connectivity index (χ2v) is 4.11. The SMILES string of the molecule is COc1cc(OC(F)(F)F)ccc1-c1ccccc1C=O. The third-order valence-corrected chi connectivity index (χ3v) is 2.78. The topological polar surface area (TPSA) is 35.5 Å². The van der Waals surface area contributed by atoms with Crippen LogP contribution in [0.15, 0.2) is 42.5 Å². The van der Waals surface area contributed by atoms with E-state index in [4.69, 9.17) is 4.74 Å². The minimum atomic E-state index is -4.77. The molecular formula is C15H11F3O3. The smallest absolute Gasteiger partial charge is 0.496 e. The van der Waals surface area contributed by atoms with Gasteiger partial charge >= 0.3 is 6.36 Å². The lowest BCUT2D eigenvalue weighted by Crippen LogP contribution is -2.17. The first-order valence-electron chi connectivity index (χ1n) is 5.93. The predicted molar refractivity (Wildman–Crippen MR) is 70.5 cm³/mol. The zero-order chi connectivity index (χ0) is 15.5. The summed E-state index contributed by atoms with van der Waals surface area (Å²) in [6.07, 6.45) is -4.10. The molecule has 0 bridgehead atoms. The van der Waals surface area contributed by atoms with E-state index < -0.39 is 6.36 Å². The number of rotatable bonds is 4. The van der Waals surface area contributed by atoms with Crippen LogP contribution in [0.1, 0.15) is 10.4 Å². The molecule has 0 spiro atoms. The molecule has 0 aromatic heterocycles. The molecule has 2 aromatic rings. The van der Waals surface area contributed by atoms with Crippen LogP contribution in [0.5, 0.6) is 11.5 Å². The summed E-state index contributed by atoms with van der Waals surface area (Å²) in [7, 11) is 1.33. The Hall–Kier alpha value is -2.50. The Morgan fingerprint density at radius 2 is 1.76 bits per heavy atom. The number of alkyl halides is 3. The largest absolute Gasteiger partial charge is 0.573 e. The lowest BCUT2D eigenvalue weighted by molar-refractivity contribution is -0.274. The van der Waals surface area contributed by atoms with Crippen LogP contribution in [-0.2, 0) is 0 Å². The highest BCUT2D eigenvalue weighted by Gasteiger charge is 2.31. The van der Waals surface area contributed by atoms with Gasteiger partial charge in [0.1, 0.15) is 11.5 Å². The summed E-state index contributed by atoms with van der Waals surface area (Å²) >= 11 is 0. The lowest BCUT2D eigenvalue weighted by Gasteiger charge is -2.14. The van der Waals surface area contributed by atoms with Crippen molar-refractivity contribution in [3.63, 3.8) is 0 Å². The van der Waals surface area contributed by atoms with Crippen molar-refractivity contribution in [3.05, 3.63) is 48.0 Å². The van der Waals surface area contributed by atoms with E-state index in [0.29, 0.717) is 23.0 Å². The maximum Gasteiger partial charge on any atom is 0.573 e. The van der Waals surface area contributed by atoms with Gasteiger partial charge in [-0.25, -0.2) is 0 Å². The van der Waals surface area contributed by atoms with Gasteiger partial charge in [0.2, 0.25) is 0 Å². The third-order valence-electron chi connectivity index (χ3n) is 2.78. The van der Waals surface area contributed by atoms with E-state index in [0.717, 1.165) is 6.07 Å². The number of halogens is 3. The molecule has 2 aromatic carbocycles. The molecule has 0 saturated carbocycles. The average molecular weight is 296 g/mol. The summed E-state index contributed by atoms with van der Waals surface area (Å²) in [5.74, 6) is -0.197. The predicted octanol–water partition coefficient (Wildman–Crippen LogP) is 4.07. The molecular weight excluding hydrogens is 285 g/mol. The Balaban J connectivity index is 2.48. The number of ether oxygens (including phenoxy) is 2. The molecule has 0 saturated heterocycles. The Morgan fingerprint density at radius 3 is 2.38 bits per heavy atom. The summed E-state index contributed by atoms with van der Waals surface area (Å²) in [5, 5.41) is 0. The minimum Gasteiger partial charge on any atom is -0.496 e. The van der Waals surface area contributed by atoms with Crippen LogP contribution in [0.25, 0.3) is 11.1 Å². The summed E-state index contributed by atoms with van der Waals surface area (Å²) in [6.45, 7) is 0. The van der Waals surface area contributed by atoms with Gasteiger partial charge in [0.15, 0.2) is 6.29 Å². The van der Waals surface area contributed by atoms with Gasteiger partial charge in [-0.3, -0.25) is 4.79 Å². The van der Waals surface area contributed by atoms with Gasteiger partial charge in [0.25, 0.3) is 0 Å². The fraction of sp³-hybridized carbons (Fsp3) is 0.133. The zero-order valence-electron chi connectivity index (χ0n) is 11.0. The van der Waals surface area contributed by atoms with E-state index in [-0.39, 0.29) is 11.5 Å². The van der Waals surface area contributed by atoms with Crippen LogP contribution >= 0.6 is 0 Å². The maximum atomic E-state index is 12.2. The first kappa shape index (κ1) is 14.9. The van der Waals surface area contributed by atoms with Crippen LogP contribution < -0.4 is 9.47 Å². The van der Waals surface area contributed by atoms with Gasteiger partial charge in [-0.15, -0.1) is 13.2 Å². The first-order chi connectivity index (χ1) is 9.94. The van der Waals surface area contributed by atoms with Crippen molar-refractivity contribution in [2.45, 2.75) is 6.36 Å². The molecule has 0 aliphatic heterocycles. The maximum absolute atomic E-state index is 12.2. The van der Waals surface area contributed by atoms with Crippen molar-refractivity contribution < 1.29 is 27.4 Å². The Labute approximate surface area is 118 Å². The van der Waals surface area contributed by atoms with Crippen LogP contribution in [0.3, 0.4) is 0 Å². The van der Waals surface area contributed by atoms with Gasteiger partial charge < -0.3 is 9.47 Å². The number of aldehydes is 1. The number of carbonyl (C=O) groups is 1. The molecule has 0 heterocycles. The van der Waals surface area contributed by atoms with Gasteiger partial charge in [-0.05, 0) is 17.7 Å². The molecule has 0 unspecified atom stereocenters. The van der Waals surface area contributed by atoms with Crippen molar-refractivity contribution >= 4 is 6.29 Å². The molecule has 0 radical (unpaired) electrons. The highest BCUT2D eigenvalue weighted by atomic mass is 19.4.